The summed E-state index contributed by atoms with van der Waals surface area (Å²) in [5.41, 5.74) is 0.432. The average Bonchev–Trinajstić information content (AvgIpc) is 2.27. The Morgan fingerprint density at radius 1 is 1.41 bits per heavy atom. The van der Waals surface area contributed by atoms with Gasteiger partial charge in [0.2, 0.25) is 0 Å². The fourth-order valence-electron chi connectivity index (χ4n) is 2.09. The van der Waals surface area contributed by atoms with Crippen LogP contribution >= 0.6 is 0 Å². The van der Waals surface area contributed by atoms with Gasteiger partial charge in [0.05, 0.1) is 7.11 Å². The van der Waals surface area contributed by atoms with Crippen molar-refractivity contribution in [2.45, 2.75) is 19.8 Å². The third-order valence-corrected chi connectivity index (χ3v) is 2.91. The Labute approximate surface area is 97.8 Å². The average molecular weight is 235 g/mol. The molecule has 2 rings (SSSR count). The number of pyridine rings is 1. The summed E-state index contributed by atoms with van der Waals surface area (Å²) in [7, 11) is 1.20. The minimum absolute atomic E-state index is 0.0415. The predicted molar refractivity (Wildman–Crippen MR) is 60.2 cm³/mol. The van der Waals surface area contributed by atoms with E-state index in [1.54, 1.807) is 0 Å². The maximum absolute atomic E-state index is 11.8. The SMILES string of the molecule is COC(=O)c1cc2c([nH]c1=O)C[C@H](C)CC2=O. The molecule has 0 unspecified atom stereocenters. The second-order valence-corrected chi connectivity index (χ2v) is 4.33. The van der Waals surface area contributed by atoms with Gasteiger partial charge in [-0.05, 0) is 18.4 Å². The number of aromatic amines is 1. The van der Waals surface area contributed by atoms with Crippen molar-refractivity contribution in [1.29, 1.82) is 0 Å². The van der Waals surface area contributed by atoms with Crippen molar-refractivity contribution >= 4 is 11.8 Å². The van der Waals surface area contributed by atoms with Crippen molar-refractivity contribution in [3.8, 4) is 0 Å². The minimum atomic E-state index is -0.722. The first-order valence-corrected chi connectivity index (χ1v) is 5.40. The molecular weight excluding hydrogens is 222 g/mol. The normalized spacial score (nSPS) is 18.7. The van der Waals surface area contributed by atoms with E-state index in [1.165, 1.54) is 13.2 Å². The van der Waals surface area contributed by atoms with E-state index in [9.17, 15) is 14.4 Å². The number of hydrogen-bond acceptors (Lipinski definition) is 4. The summed E-state index contributed by atoms with van der Waals surface area (Å²) in [5.74, 6) is -0.546. The van der Waals surface area contributed by atoms with E-state index in [-0.39, 0.29) is 17.3 Å². The Bertz CT molecular complexity index is 544. The van der Waals surface area contributed by atoms with Gasteiger partial charge in [0.15, 0.2) is 5.78 Å². The number of ether oxygens (including phenoxy) is 1. The summed E-state index contributed by atoms with van der Waals surface area (Å²) in [5, 5.41) is 0. The van der Waals surface area contributed by atoms with Crippen LogP contribution in [-0.4, -0.2) is 23.8 Å². The van der Waals surface area contributed by atoms with E-state index >= 15 is 0 Å². The predicted octanol–water partition coefficient (Wildman–Crippen LogP) is 0.926. The maximum atomic E-state index is 11.8. The van der Waals surface area contributed by atoms with Crippen LogP contribution in [0.25, 0.3) is 0 Å². The first-order chi connectivity index (χ1) is 8.02. The number of carbonyl (C=O) groups excluding carboxylic acids is 2. The fourth-order valence-corrected chi connectivity index (χ4v) is 2.09. The van der Waals surface area contributed by atoms with E-state index in [1.807, 2.05) is 6.92 Å². The van der Waals surface area contributed by atoms with Crippen molar-refractivity contribution in [2.24, 2.45) is 5.92 Å². The lowest BCUT2D eigenvalue weighted by Gasteiger charge is -2.20. The molecule has 0 fully saturated rings. The lowest BCUT2D eigenvalue weighted by molar-refractivity contribution is 0.0598. The van der Waals surface area contributed by atoms with Crippen LogP contribution in [0.1, 0.15) is 39.8 Å². The molecule has 1 atom stereocenters. The number of carbonyl (C=O) groups is 2. The molecule has 0 bridgehead atoms. The van der Waals surface area contributed by atoms with Crippen LogP contribution in [-0.2, 0) is 11.2 Å². The third kappa shape index (κ3) is 2.00. The van der Waals surface area contributed by atoms with Crippen LogP contribution in [0.3, 0.4) is 0 Å². The molecule has 0 aliphatic heterocycles. The quantitative estimate of drug-likeness (QED) is 0.734. The van der Waals surface area contributed by atoms with Crippen molar-refractivity contribution in [3.63, 3.8) is 0 Å². The molecule has 90 valence electrons. The van der Waals surface area contributed by atoms with Gasteiger partial charge in [-0.15, -0.1) is 0 Å². The summed E-state index contributed by atoms with van der Waals surface area (Å²) in [6, 6.07) is 1.34. The Morgan fingerprint density at radius 3 is 2.76 bits per heavy atom. The van der Waals surface area contributed by atoms with Gasteiger partial charge in [0.1, 0.15) is 5.56 Å². The molecule has 1 heterocycles. The standard InChI is InChI=1S/C12H13NO4/c1-6-3-9-7(10(14)4-6)5-8(11(15)13-9)12(16)17-2/h5-6H,3-4H2,1-2H3,(H,13,15)/t6-/m0/s1. The van der Waals surface area contributed by atoms with Crippen LogP contribution in [0.15, 0.2) is 10.9 Å². The molecule has 1 aromatic rings. The second-order valence-electron chi connectivity index (χ2n) is 4.33. The summed E-state index contributed by atoms with van der Waals surface area (Å²) < 4.78 is 4.49. The monoisotopic (exact) mass is 235 g/mol. The lowest BCUT2D eigenvalue weighted by Crippen LogP contribution is -2.27. The number of Topliss-reactive ketones (excluding diaryl/α,β-unsaturated/α-hetero) is 1. The Morgan fingerprint density at radius 2 is 2.12 bits per heavy atom. The van der Waals surface area contributed by atoms with E-state index in [0.29, 0.717) is 24.1 Å². The highest BCUT2D eigenvalue weighted by atomic mass is 16.5. The third-order valence-electron chi connectivity index (χ3n) is 2.91. The van der Waals surface area contributed by atoms with Crippen LogP contribution in [0.4, 0.5) is 0 Å². The molecule has 0 saturated heterocycles. The van der Waals surface area contributed by atoms with Gasteiger partial charge in [-0.3, -0.25) is 9.59 Å². The molecule has 1 aliphatic carbocycles. The van der Waals surface area contributed by atoms with Gasteiger partial charge in [-0.25, -0.2) is 4.79 Å². The first-order valence-electron chi connectivity index (χ1n) is 5.40. The second kappa shape index (κ2) is 4.16. The summed E-state index contributed by atoms with van der Waals surface area (Å²) in [6.45, 7) is 1.95. The molecule has 1 N–H and O–H groups in total. The van der Waals surface area contributed by atoms with Gasteiger partial charge >= 0.3 is 5.97 Å². The van der Waals surface area contributed by atoms with Crippen LogP contribution in [0.5, 0.6) is 0 Å². The summed E-state index contributed by atoms with van der Waals surface area (Å²) >= 11 is 0. The topological polar surface area (TPSA) is 76.2 Å². The fraction of sp³-hybridized carbons (Fsp3) is 0.417. The smallest absolute Gasteiger partial charge is 0.343 e. The van der Waals surface area contributed by atoms with Gasteiger partial charge in [-0.1, -0.05) is 6.92 Å². The Kier molecular flexibility index (Phi) is 2.83. The summed E-state index contributed by atoms with van der Waals surface area (Å²) in [6.07, 6.45) is 1.09. The van der Waals surface area contributed by atoms with E-state index in [4.69, 9.17) is 0 Å². The van der Waals surface area contributed by atoms with Crippen molar-refractivity contribution < 1.29 is 14.3 Å². The number of ketones is 1. The van der Waals surface area contributed by atoms with E-state index in [2.05, 4.69) is 9.72 Å². The van der Waals surface area contributed by atoms with Gasteiger partial charge in [0.25, 0.3) is 5.56 Å². The van der Waals surface area contributed by atoms with E-state index < -0.39 is 11.5 Å². The zero-order chi connectivity index (χ0) is 12.6. The molecule has 1 aromatic heterocycles. The number of fused-ring (bicyclic) bond motifs is 1. The number of methoxy groups -OCH3 is 1. The van der Waals surface area contributed by atoms with E-state index in [0.717, 1.165) is 0 Å². The van der Waals surface area contributed by atoms with Gasteiger partial charge in [-0.2, -0.15) is 0 Å². The number of H-pyrrole nitrogens is 1. The maximum Gasteiger partial charge on any atom is 0.343 e. The van der Waals surface area contributed by atoms with Crippen LogP contribution in [0, 0.1) is 5.92 Å². The number of aromatic nitrogens is 1. The Balaban J connectivity index is 2.56. The summed E-state index contributed by atoms with van der Waals surface area (Å²) in [4.78, 5) is 37.4. The van der Waals surface area contributed by atoms with Gasteiger partial charge in [0, 0.05) is 17.7 Å². The lowest BCUT2D eigenvalue weighted by atomic mass is 9.86. The molecule has 0 radical (unpaired) electrons. The highest BCUT2D eigenvalue weighted by molar-refractivity contribution is 6.00. The van der Waals surface area contributed by atoms with Crippen LogP contribution in [0.2, 0.25) is 0 Å². The molecule has 0 spiro atoms. The minimum Gasteiger partial charge on any atom is -0.465 e. The molecule has 5 nitrogen and oxygen atoms in total. The number of hydrogen-bond donors (Lipinski definition) is 1. The number of esters is 1. The molecular formula is C12H13NO4. The molecule has 5 heteroatoms. The molecule has 17 heavy (non-hydrogen) atoms. The first kappa shape index (κ1) is 11.6. The number of nitrogens with one attached hydrogen (secondary N) is 1. The van der Waals surface area contributed by atoms with Crippen LogP contribution < -0.4 is 5.56 Å². The molecule has 1 aliphatic rings. The van der Waals surface area contributed by atoms with Crippen molar-refractivity contribution in [2.75, 3.05) is 7.11 Å². The van der Waals surface area contributed by atoms with Crippen molar-refractivity contribution in [1.82, 2.24) is 4.98 Å². The number of rotatable bonds is 1. The molecule has 0 aromatic carbocycles. The molecule has 0 saturated carbocycles. The molecule has 0 amide bonds. The highest BCUT2D eigenvalue weighted by Crippen LogP contribution is 2.23. The zero-order valence-electron chi connectivity index (χ0n) is 9.70. The largest absolute Gasteiger partial charge is 0.465 e. The van der Waals surface area contributed by atoms with Gasteiger partial charge < -0.3 is 9.72 Å². The Hall–Kier alpha value is -1.91. The van der Waals surface area contributed by atoms with Crippen molar-refractivity contribution in [3.05, 3.63) is 33.2 Å². The highest BCUT2D eigenvalue weighted by Gasteiger charge is 2.25. The zero-order valence-corrected chi connectivity index (χ0v) is 9.70.